The van der Waals surface area contributed by atoms with E-state index in [4.69, 9.17) is 27.6 Å². The molecular weight excluding hydrogens is 432 g/mol. The molecule has 0 amide bonds. The quantitative estimate of drug-likeness (QED) is 0.469. The Labute approximate surface area is 165 Å². The van der Waals surface area contributed by atoms with Crippen LogP contribution in [0.4, 0.5) is 0 Å². The first-order chi connectivity index (χ1) is 11.1. The highest BCUT2D eigenvalue weighted by Gasteiger charge is 2.09. The van der Waals surface area contributed by atoms with Crippen LogP contribution in [0.5, 0.6) is 0 Å². The lowest BCUT2D eigenvalue weighted by atomic mass is 10.2. The first-order valence-electron chi connectivity index (χ1n) is 7.12. The Kier molecular flexibility index (Phi) is 7.20. The van der Waals surface area contributed by atoms with Gasteiger partial charge >= 0.3 is 0 Å². The van der Waals surface area contributed by atoms with Crippen molar-refractivity contribution in [3.8, 4) is 11.3 Å². The standard InChI is InChI=1S/C18H14BrCl2NO.ClH/c19-13-5-7-15(17(21)9-13)18-8-6-14(23-18)11-22-10-12-3-1-2-4-16(12)20;/h1-9,22H,10-11H2;1H. The lowest BCUT2D eigenvalue weighted by Gasteiger charge is -2.05. The highest BCUT2D eigenvalue weighted by molar-refractivity contribution is 9.10. The Bertz CT molecular complexity index is 820. The van der Waals surface area contributed by atoms with Gasteiger partial charge in [-0.2, -0.15) is 0 Å². The van der Waals surface area contributed by atoms with Crippen molar-refractivity contribution in [2.24, 2.45) is 0 Å². The molecule has 1 N–H and O–H groups in total. The van der Waals surface area contributed by atoms with Crippen LogP contribution >= 0.6 is 51.5 Å². The first-order valence-corrected chi connectivity index (χ1v) is 8.66. The van der Waals surface area contributed by atoms with Crippen molar-refractivity contribution in [2.45, 2.75) is 13.1 Å². The van der Waals surface area contributed by atoms with Gasteiger partial charge in [-0.25, -0.2) is 0 Å². The molecule has 3 rings (SSSR count). The van der Waals surface area contributed by atoms with Crippen LogP contribution in [0.1, 0.15) is 11.3 Å². The van der Waals surface area contributed by atoms with Gasteiger partial charge < -0.3 is 9.73 Å². The van der Waals surface area contributed by atoms with E-state index in [1.807, 2.05) is 54.6 Å². The molecule has 1 heterocycles. The molecule has 3 aromatic rings. The van der Waals surface area contributed by atoms with E-state index >= 15 is 0 Å². The van der Waals surface area contributed by atoms with Crippen LogP contribution in [0, 0.1) is 0 Å². The minimum absolute atomic E-state index is 0. The fourth-order valence-corrected chi connectivity index (χ4v) is 3.24. The number of hydrogen-bond donors (Lipinski definition) is 1. The van der Waals surface area contributed by atoms with E-state index in [0.29, 0.717) is 18.1 Å². The molecule has 0 spiro atoms. The molecule has 0 bridgehead atoms. The van der Waals surface area contributed by atoms with Crippen molar-refractivity contribution < 1.29 is 4.42 Å². The molecule has 0 aliphatic carbocycles. The summed E-state index contributed by atoms with van der Waals surface area (Å²) in [4.78, 5) is 0. The first kappa shape index (κ1) is 19.4. The van der Waals surface area contributed by atoms with Crippen molar-refractivity contribution in [2.75, 3.05) is 0 Å². The monoisotopic (exact) mass is 445 g/mol. The molecule has 2 nitrogen and oxygen atoms in total. The molecule has 0 radical (unpaired) electrons. The summed E-state index contributed by atoms with van der Waals surface area (Å²) in [6.45, 7) is 1.31. The number of nitrogens with one attached hydrogen (secondary N) is 1. The maximum atomic E-state index is 6.25. The van der Waals surface area contributed by atoms with Crippen LogP contribution in [0.15, 0.2) is 63.5 Å². The van der Waals surface area contributed by atoms with Gasteiger partial charge in [0.05, 0.1) is 11.6 Å². The summed E-state index contributed by atoms with van der Waals surface area (Å²) < 4.78 is 6.81. The lowest BCUT2D eigenvalue weighted by Crippen LogP contribution is -2.12. The number of furan rings is 1. The van der Waals surface area contributed by atoms with Gasteiger partial charge in [0.2, 0.25) is 0 Å². The van der Waals surface area contributed by atoms with Gasteiger partial charge in [-0.3, -0.25) is 0 Å². The second-order valence-electron chi connectivity index (χ2n) is 5.09. The Morgan fingerprint density at radius 1 is 0.917 bits per heavy atom. The molecule has 0 unspecified atom stereocenters. The van der Waals surface area contributed by atoms with Crippen molar-refractivity contribution in [3.63, 3.8) is 0 Å². The summed E-state index contributed by atoms with van der Waals surface area (Å²) in [6.07, 6.45) is 0. The van der Waals surface area contributed by atoms with E-state index in [-0.39, 0.29) is 12.4 Å². The molecule has 0 saturated carbocycles. The number of benzene rings is 2. The van der Waals surface area contributed by atoms with E-state index in [9.17, 15) is 0 Å². The molecule has 0 saturated heterocycles. The SMILES string of the molecule is Cl.Clc1ccccc1CNCc1ccc(-c2ccc(Br)cc2Cl)o1. The third kappa shape index (κ3) is 4.78. The summed E-state index contributed by atoms with van der Waals surface area (Å²) in [6, 6.07) is 17.4. The van der Waals surface area contributed by atoms with Gasteiger partial charge in [0.1, 0.15) is 11.5 Å². The molecule has 126 valence electrons. The largest absolute Gasteiger partial charge is 0.460 e. The van der Waals surface area contributed by atoms with E-state index < -0.39 is 0 Å². The van der Waals surface area contributed by atoms with E-state index in [0.717, 1.165) is 32.1 Å². The predicted molar refractivity (Wildman–Crippen MR) is 106 cm³/mol. The smallest absolute Gasteiger partial charge is 0.135 e. The lowest BCUT2D eigenvalue weighted by molar-refractivity contribution is 0.493. The van der Waals surface area contributed by atoms with Crippen LogP contribution < -0.4 is 5.32 Å². The molecule has 6 heteroatoms. The Hall–Kier alpha value is -0.970. The summed E-state index contributed by atoms with van der Waals surface area (Å²) >= 11 is 15.8. The highest BCUT2D eigenvalue weighted by Crippen LogP contribution is 2.31. The van der Waals surface area contributed by atoms with Crippen molar-refractivity contribution in [3.05, 3.63) is 80.4 Å². The Morgan fingerprint density at radius 2 is 1.71 bits per heavy atom. The minimum atomic E-state index is 0. The summed E-state index contributed by atoms with van der Waals surface area (Å²) in [5.41, 5.74) is 1.95. The van der Waals surface area contributed by atoms with Crippen LogP contribution in [0.25, 0.3) is 11.3 Å². The molecule has 0 aliphatic heterocycles. The van der Waals surface area contributed by atoms with Gasteiger partial charge in [0.25, 0.3) is 0 Å². The average Bonchev–Trinajstić information content (AvgIpc) is 2.98. The van der Waals surface area contributed by atoms with Crippen LogP contribution in [0.3, 0.4) is 0 Å². The molecule has 0 aliphatic rings. The van der Waals surface area contributed by atoms with Gasteiger partial charge in [0, 0.05) is 21.6 Å². The average molecular weight is 448 g/mol. The van der Waals surface area contributed by atoms with Gasteiger partial charge in [-0.05, 0) is 42.0 Å². The van der Waals surface area contributed by atoms with Crippen LogP contribution in [0.2, 0.25) is 10.0 Å². The van der Waals surface area contributed by atoms with E-state index in [1.54, 1.807) is 0 Å². The fourth-order valence-electron chi connectivity index (χ4n) is 2.27. The van der Waals surface area contributed by atoms with Crippen LogP contribution in [-0.4, -0.2) is 0 Å². The Morgan fingerprint density at radius 3 is 2.46 bits per heavy atom. The maximum absolute atomic E-state index is 6.25. The minimum Gasteiger partial charge on any atom is -0.460 e. The zero-order valence-corrected chi connectivity index (χ0v) is 16.5. The third-order valence-electron chi connectivity index (χ3n) is 3.43. The van der Waals surface area contributed by atoms with Gasteiger partial charge in [-0.15, -0.1) is 12.4 Å². The summed E-state index contributed by atoms with van der Waals surface area (Å²) in [5.74, 6) is 1.61. The second-order valence-corrected chi connectivity index (χ2v) is 6.82. The zero-order valence-electron chi connectivity index (χ0n) is 12.6. The van der Waals surface area contributed by atoms with Gasteiger partial charge in [-0.1, -0.05) is 57.3 Å². The normalized spacial score (nSPS) is 10.5. The molecule has 0 atom stereocenters. The Balaban J connectivity index is 0.00000208. The zero-order chi connectivity index (χ0) is 16.2. The molecule has 24 heavy (non-hydrogen) atoms. The molecule has 1 aromatic heterocycles. The summed E-state index contributed by atoms with van der Waals surface area (Å²) in [7, 11) is 0. The predicted octanol–water partition coefficient (Wildman–Crippen LogP) is 6.73. The third-order valence-corrected chi connectivity index (χ3v) is 4.61. The number of hydrogen-bond acceptors (Lipinski definition) is 2. The van der Waals surface area contributed by atoms with E-state index in [1.165, 1.54) is 0 Å². The number of rotatable bonds is 5. The maximum Gasteiger partial charge on any atom is 0.135 e. The summed E-state index contributed by atoms with van der Waals surface area (Å²) in [5, 5.41) is 4.75. The second kappa shape index (κ2) is 8.93. The van der Waals surface area contributed by atoms with Crippen molar-refractivity contribution in [1.82, 2.24) is 5.32 Å². The van der Waals surface area contributed by atoms with Crippen molar-refractivity contribution in [1.29, 1.82) is 0 Å². The molecule has 0 fully saturated rings. The van der Waals surface area contributed by atoms with Gasteiger partial charge in [0.15, 0.2) is 0 Å². The fraction of sp³-hybridized carbons (Fsp3) is 0.111. The van der Waals surface area contributed by atoms with E-state index in [2.05, 4.69) is 21.2 Å². The molecular formula is C18H15BrCl3NO. The highest BCUT2D eigenvalue weighted by atomic mass is 79.9. The topological polar surface area (TPSA) is 25.2 Å². The van der Waals surface area contributed by atoms with Crippen LogP contribution in [-0.2, 0) is 13.1 Å². The number of halogens is 4. The molecule has 2 aromatic carbocycles. The van der Waals surface area contributed by atoms with Crippen molar-refractivity contribution >= 4 is 51.5 Å².